The molecule has 2 aromatic carbocycles. The van der Waals surface area contributed by atoms with Crippen molar-refractivity contribution in [1.82, 2.24) is 15.0 Å². The topological polar surface area (TPSA) is 97.0 Å². The summed E-state index contributed by atoms with van der Waals surface area (Å²) in [5.41, 5.74) is 10.7. The number of nitrogens with zero attached hydrogens (tertiary/aromatic N) is 3. The third-order valence-electron chi connectivity index (χ3n) is 4.51. The molecule has 0 aliphatic heterocycles. The highest BCUT2D eigenvalue weighted by atomic mass is 16.1. The molecule has 0 fully saturated rings. The van der Waals surface area contributed by atoms with E-state index in [2.05, 4.69) is 19.9 Å². The molecule has 0 unspecified atom stereocenters. The maximum absolute atomic E-state index is 12.3. The molecule has 6 nitrogen and oxygen atoms in total. The van der Waals surface area contributed by atoms with Crippen LogP contribution in [0, 0.1) is 0 Å². The standard InChI is InChI=1S/C21H19N5O/c22-17(10-15-12-26-18-4-2-1-3-16(15)18)21(27)13-23-11-14-5-6-19-20(9-14)25-8-7-24-19/h1-9,11-12,17,26H,10,13,22H2/t17-/m1/s1. The Hall–Kier alpha value is -3.38. The van der Waals surface area contributed by atoms with Crippen LogP contribution in [-0.4, -0.2) is 39.5 Å². The Kier molecular flexibility index (Phi) is 4.72. The molecular formula is C21H19N5O. The number of carbonyl (C=O) groups excluding carboxylic acids is 1. The van der Waals surface area contributed by atoms with Gasteiger partial charge in [-0.05, 0) is 35.7 Å². The fraction of sp³-hybridized carbons (Fsp3) is 0.143. The Morgan fingerprint density at radius 3 is 2.85 bits per heavy atom. The predicted octanol–water partition coefficient (Wildman–Crippen LogP) is 2.67. The Morgan fingerprint density at radius 2 is 1.96 bits per heavy atom. The summed E-state index contributed by atoms with van der Waals surface area (Å²) < 4.78 is 0. The van der Waals surface area contributed by atoms with Gasteiger partial charge in [-0.25, -0.2) is 0 Å². The van der Waals surface area contributed by atoms with Gasteiger partial charge in [0.2, 0.25) is 0 Å². The summed E-state index contributed by atoms with van der Waals surface area (Å²) in [6, 6.07) is 13.1. The molecule has 4 rings (SSSR count). The van der Waals surface area contributed by atoms with Crippen LogP contribution in [-0.2, 0) is 11.2 Å². The maximum atomic E-state index is 12.3. The highest BCUT2D eigenvalue weighted by molar-refractivity contribution is 5.91. The van der Waals surface area contributed by atoms with Crippen LogP contribution in [0.15, 0.2) is 66.0 Å². The monoisotopic (exact) mass is 357 g/mol. The van der Waals surface area contributed by atoms with E-state index in [0.29, 0.717) is 6.42 Å². The molecule has 1 atom stereocenters. The number of hydrogen-bond acceptors (Lipinski definition) is 5. The molecule has 27 heavy (non-hydrogen) atoms. The molecule has 0 bridgehead atoms. The Labute approximate surface area is 156 Å². The molecule has 6 heteroatoms. The Balaban J connectivity index is 1.39. The highest BCUT2D eigenvalue weighted by Crippen LogP contribution is 2.18. The van der Waals surface area contributed by atoms with Gasteiger partial charge in [-0.2, -0.15) is 0 Å². The van der Waals surface area contributed by atoms with E-state index in [0.717, 1.165) is 33.1 Å². The molecule has 0 spiro atoms. The maximum Gasteiger partial charge on any atom is 0.171 e. The van der Waals surface area contributed by atoms with E-state index in [1.54, 1.807) is 18.6 Å². The minimum Gasteiger partial charge on any atom is -0.361 e. The molecule has 134 valence electrons. The zero-order chi connectivity index (χ0) is 18.6. The zero-order valence-electron chi connectivity index (χ0n) is 14.7. The van der Waals surface area contributed by atoms with E-state index in [9.17, 15) is 4.79 Å². The molecule has 4 aromatic rings. The largest absolute Gasteiger partial charge is 0.361 e. The summed E-state index contributed by atoms with van der Waals surface area (Å²) in [5, 5.41) is 1.10. The number of benzene rings is 2. The first-order chi connectivity index (χ1) is 13.2. The molecule has 3 N–H and O–H groups in total. The minimum absolute atomic E-state index is 0.0576. The molecule has 0 radical (unpaired) electrons. The first kappa shape index (κ1) is 17.1. The summed E-state index contributed by atoms with van der Waals surface area (Å²) in [4.78, 5) is 28.3. The van der Waals surface area contributed by atoms with E-state index in [-0.39, 0.29) is 12.3 Å². The number of aliphatic imine (C=N–C) groups is 1. The van der Waals surface area contributed by atoms with Gasteiger partial charge in [0.1, 0.15) is 0 Å². The number of nitrogens with one attached hydrogen (secondary N) is 1. The number of rotatable bonds is 6. The Morgan fingerprint density at radius 1 is 1.15 bits per heavy atom. The molecule has 0 amide bonds. The van der Waals surface area contributed by atoms with Crippen LogP contribution in [0.5, 0.6) is 0 Å². The van der Waals surface area contributed by atoms with Crippen molar-refractivity contribution in [2.75, 3.05) is 6.54 Å². The van der Waals surface area contributed by atoms with Crippen molar-refractivity contribution in [2.45, 2.75) is 12.5 Å². The molecule has 0 aliphatic rings. The molecular weight excluding hydrogens is 338 g/mol. The second-order valence-corrected chi connectivity index (χ2v) is 6.41. The molecule has 0 aliphatic carbocycles. The van der Waals surface area contributed by atoms with Crippen LogP contribution >= 0.6 is 0 Å². The molecule has 0 saturated carbocycles. The quantitative estimate of drug-likeness (QED) is 0.518. The number of para-hydroxylation sites is 1. The van der Waals surface area contributed by atoms with Crippen molar-refractivity contribution >= 4 is 33.9 Å². The summed E-state index contributed by atoms with van der Waals surface area (Å²) in [5.74, 6) is -0.0860. The lowest BCUT2D eigenvalue weighted by Crippen LogP contribution is -2.34. The lowest BCUT2D eigenvalue weighted by Gasteiger charge is -2.08. The number of ketones is 1. The van der Waals surface area contributed by atoms with Crippen molar-refractivity contribution in [3.63, 3.8) is 0 Å². The normalized spacial score (nSPS) is 12.8. The van der Waals surface area contributed by atoms with Crippen LogP contribution in [0.25, 0.3) is 21.9 Å². The number of nitrogens with two attached hydrogens (primary N) is 1. The molecule has 0 saturated heterocycles. The van der Waals surface area contributed by atoms with Crippen molar-refractivity contribution < 1.29 is 4.79 Å². The number of fused-ring (bicyclic) bond motifs is 2. The van der Waals surface area contributed by atoms with Gasteiger partial charge in [-0.15, -0.1) is 0 Å². The van der Waals surface area contributed by atoms with Gasteiger partial charge >= 0.3 is 0 Å². The first-order valence-electron chi connectivity index (χ1n) is 8.74. The van der Waals surface area contributed by atoms with Gasteiger partial charge in [0.25, 0.3) is 0 Å². The van der Waals surface area contributed by atoms with Crippen molar-refractivity contribution in [2.24, 2.45) is 10.7 Å². The predicted molar refractivity (Wildman–Crippen MR) is 107 cm³/mol. The number of H-pyrrole nitrogens is 1. The fourth-order valence-corrected chi connectivity index (χ4v) is 3.07. The summed E-state index contributed by atoms with van der Waals surface area (Å²) in [6.07, 6.45) is 7.38. The smallest absolute Gasteiger partial charge is 0.171 e. The van der Waals surface area contributed by atoms with Gasteiger partial charge < -0.3 is 10.7 Å². The second-order valence-electron chi connectivity index (χ2n) is 6.41. The van der Waals surface area contributed by atoms with Gasteiger partial charge in [-0.3, -0.25) is 19.8 Å². The summed E-state index contributed by atoms with van der Waals surface area (Å²) in [6.45, 7) is 0.0576. The number of aromatic amines is 1. The van der Waals surface area contributed by atoms with E-state index < -0.39 is 6.04 Å². The summed E-state index contributed by atoms with van der Waals surface area (Å²) in [7, 11) is 0. The average Bonchev–Trinajstić information content (AvgIpc) is 3.11. The van der Waals surface area contributed by atoms with Gasteiger partial charge in [0, 0.05) is 35.7 Å². The van der Waals surface area contributed by atoms with Crippen LogP contribution in [0.4, 0.5) is 0 Å². The second kappa shape index (κ2) is 7.47. The fourth-order valence-electron chi connectivity index (χ4n) is 3.07. The lowest BCUT2D eigenvalue weighted by molar-refractivity contribution is -0.118. The number of Topliss-reactive ketones (excluding diaryl/α,β-unsaturated/α-hetero) is 1. The molecule has 2 aromatic heterocycles. The Bertz CT molecular complexity index is 1130. The van der Waals surface area contributed by atoms with E-state index in [4.69, 9.17) is 5.73 Å². The zero-order valence-corrected chi connectivity index (χ0v) is 14.7. The van der Waals surface area contributed by atoms with E-state index in [1.165, 1.54) is 0 Å². The molecule has 2 heterocycles. The van der Waals surface area contributed by atoms with Crippen molar-refractivity contribution in [1.29, 1.82) is 0 Å². The van der Waals surface area contributed by atoms with Crippen molar-refractivity contribution in [3.8, 4) is 0 Å². The van der Waals surface area contributed by atoms with E-state index >= 15 is 0 Å². The number of hydrogen-bond donors (Lipinski definition) is 2. The van der Waals surface area contributed by atoms with Crippen molar-refractivity contribution in [3.05, 3.63) is 72.2 Å². The van der Waals surface area contributed by atoms with Crippen LogP contribution in [0.3, 0.4) is 0 Å². The number of aromatic nitrogens is 3. The van der Waals surface area contributed by atoms with Crippen LogP contribution in [0.1, 0.15) is 11.1 Å². The third kappa shape index (κ3) is 3.75. The first-order valence-corrected chi connectivity index (χ1v) is 8.74. The van der Waals surface area contributed by atoms with E-state index in [1.807, 2.05) is 48.7 Å². The highest BCUT2D eigenvalue weighted by Gasteiger charge is 2.15. The average molecular weight is 357 g/mol. The third-order valence-corrected chi connectivity index (χ3v) is 4.51. The van der Waals surface area contributed by atoms with Gasteiger partial charge in [-0.1, -0.05) is 24.3 Å². The van der Waals surface area contributed by atoms with Crippen LogP contribution < -0.4 is 5.73 Å². The van der Waals surface area contributed by atoms with Gasteiger partial charge in [0.05, 0.1) is 23.6 Å². The van der Waals surface area contributed by atoms with Crippen LogP contribution in [0.2, 0.25) is 0 Å². The lowest BCUT2D eigenvalue weighted by atomic mass is 10.0. The summed E-state index contributed by atoms with van der Waals surface area (Å²) >= 11 is 0. The number of carbonyl (C=O) groups is 1. The van der Waals surface area contributed by atoms with Gasteiger partial charge in [0.15, 0.2) is 5.78 Å². The minimum atomic E-state index is -0.580. The SMILES string of the molecule is N[C@H](Cc1c[nH]c2ccccc12)C(=O)CN=Cc1ccc2nccnc2c1.